The number of carbonyl (C=O) groups is 2. The molecule has 19 heavy (non-hydrogen) atoms. The summed E-state index contributed by atoms with van der Waals surface area (Å²) in [6.45, 7) is 6.72. The number of rotatable bonds is 4. The van der Waals surface area contributed by atoms with Gasteiger partial charge in [-0.05, 0) is 23.1 Å². The fourth-order valence-electron chi connectivity index (χ4n) is 1.46. The van der Waals surface area contributed by atoms with Crippen molar-refractivity contribution < 1.29 is 19.4 Å². The number of aliphatic carboxylic acids is 1. The lowest BCUT2D eigenvalue weighted by atomic mass is 9.87. The molecule has 5 heteroatoms. The molecule has 5 nitrogen and oxygen atoms in total. The lowest BCUT2D eigenvalue weighted by Gasteiger charge is -2.19. The number of hydrogen-bond acceptors (Lipinski definition) is 3. The van der Waals surface area contributed by atoms with E-state index in [9.17, 15) is 9.59 Å². The zero-order valence-corrected chi connectivity index (χ0v) is 11.4. The molecule has 0 saturated heterocycles. The molecule has 0 aliphatic heterocycles. The minimum Gasteiger partial charge on any atom is -0.492 e. The van der Waals surface area contributed by atoms with Crippen LogP contribution >= 0.6 is 0 Å². The highest BCUT2D eigenvalue weighted by Gasteiger charge is 2.14. The van der Waals surface area contributed by atoms with Crippen molar-refractivity contribution in [1.29, 1.82) is 0 Å². The molecule has 0 spiro atoms. The van der Waals surface area contributed by atoms with Crippen molar-refractivity contribution in [3.8, 4) is 5.75 Å². The predicted octanol–water partition coefficient (Wildman–Crippen LogP) is 1.56. The van der Waals surface area contributed by atoms with E-state index in [1.165, 1.54) is 0 Å². The average molecular weight is 265 g/mol. The van der Waals surface area contributed by atoms with Crippen LogP contribution in [0, 0.1) is 0 Å². The van der Waals surface area contributed by atoms with Crippen LogP contribution < -0.4 is 10.1 Å². The SMILES string of the molecule is CC(C)(C)c1cccc(OCCNC(=O)C(=O)O)c1. The Balaban J connectivity index is 2.46. The highest BCUT2D eigenvalue weighted by molar-refractivity contribution is 6.31. The predicted molar refractivity (Wildman–Crippen MR) is 71.3 cm³/mol. The molecule has 0 aliphatic rings. The molecule has 0 saturated carbocycles. The van der Waals surface area contributed by atoms with Gasteiger partial charge in [0.25, 0.3) is 0 Å². The molecule has 0 unspecified atom stereocenters. The minimum absolute atomic E-state index is 0.0386. The molecule has 1 rings (SSSR count). The third-order valence-corrected chi connectivity index (χ3v) is 2.55. The Hall–Kier alpha value is -2.04. The molecular weight excluding hydrogens is 246 g/mol. The smallest absolute Gasteiger partial charge is 0.394 e. The fraction of sp³-hybridized carbons (Fsp3) is 0.429. The van der Waals surface area contributed by atoms with Crippen molar-refractivity contribution in [2.45, 2.75) is 26.2 Å². The molecule has 1 amide bonds. The van der Waals surface area contributed by atoms with E-state index in [0.29, 0.717) is 5.75 Å². The summed E-state index contributed by atoms with van der Waals surface area (Å²) in [6, 6.07) is 7.71. The first-order valence-corrected chi connectivity index (χ1v) is 6.05. The standard InChI is InChI=1S/C14H19NO4/c1-14(2,3)10-5-4-6-11(9-10)19-8-7-15-12(16)13(17)18/h4-6,9H,7-8H2,1-3H3,(H,15,16)(H,17,18). The maximum atomic E-state index is 10.8. The monoisotopic (exact) mass is 265 g/mol. The van der Waals surface area contributed by atoms with Gasteiger partial charge in [0.15, 0.2) is 0 Å². The van der Waals surface area contributed by atoms with Crippen molar-refractivity contribution in [2.75, 3.05) is 13.2 Å². The molecule has 0 atom stereocenters. The molecule has 0 aromatic heterocycles. The molecule has 104 valence electrons. The van der Waals surface area contributed by atoms with Gasteiger partial charge in [-0.1, -0.05) is 32.9 Å². The molecule has 0 bridgehead atoms. The fourth-order valence-corrected chi connectivity index (χ4v) is 1.46. The van der Waals surface area contributed by atoms with Crippen LogP contribution in [0.25, 0.3) is 0 Å². The van der Waals surface area contributed by atoms with Crippen molar-refractivity contribution in [2.24, 2.45) is 0 Å². The largest absolute Gasteiger partial charge is 0.492 e. The van der Waals surface area contributed by atoms with E-state index in [0.717, 1.165) is 5.56 Å². The van der Waals surface area contributed by atoms with E-state index >= 15 is 0 Å². The molecule has 0 aliphatic carbocycles. The second-order valence-corrected chi connectivity index (χ2v) is 5.19. The number of amides is 1. The van der Waals surface area contributed by atoms with Gasteiger partial charge < -0.3 is 15.2 Å². The van der Waals surface area contributed by atoms with Crippen molar-refractivity contribution in [3.63, 3.8) is 0 Å². The van der Waals surface area contributed by atoms with E-state index in [2.05, 4.69) is 26.1 Å². The number of ether oxygens (including phenoxy) is 1. The van der Waals surface area contributed by atoms with E-state index in [1.807, 2.05) is 24.3 Å². The third-order valence-electron chi connectivity index (χ3n) is 2.55. The van der Waals surface area contributed by atoms with Gasteiger partial charge in [0.05, 0.1) is 6.54 Å². The maximum absolute atomic E-state index is 10.8. The molecule has 1 aromatic rings. The van der Waals surface area contributed by atoms with Gasteiger partial charge in [-0.2, -0.15) is 0 Å². The third kappa shape index (κ3) is 4.99. The second-order valence-electron chi connectivity index (χ2n) is 5.19. The van der Waals surface area contributed by atoms with E-state index in [4.69, 9.17) is 9.84 Å². The van der Waals surface area contributed by atoms with Gasteiger partial charge in [0.1, 0.15) is 12.4 Å². The summed E-state index contributed by atoms with van der Waals surface area (Å²) >= 11 is 0. The Morgan fingerprint density at radius 3 is 2.58 bits per heavy atom. The molecule has 0 radical (unpaired) electrons. The number of carbonyl (C=O) groups excluding carboxylic acids is 1. The number of nitrogens with one attached hydrogen (secondary N) is 1. The second kappa shape index (κ2) is 6.22. The number of carboxylic acid groups (broad SMARTS) is 1. The van der Waals surface area contributed by atoms with Crippen molar-refractivity contribution >= 4 is 11.9 Å². The van der Waals surface area contributed by atoms with Crippen LogP contribution in [0.4, 0.5) is 0 Å². The summed E-state index contributed by atoms with van der Waals surface area (Å²) in [5.74, 6) is -1.81. The summed E-state index contributed by atoms with van der Waals surface area (Å²) in [5.41, 5.74) is 1.19. The van der Waals surface area contributed by atoms with Gasteiger partial charge in [-0.25, -0.2) is 4.79 Å². The summed E-state index contributed by atoms with van der Waals surface area (Å²) in [7, 11) is 0. The first-order valence-electron chi connectivity index (χ1n) is 6.05. The highest BCUT2D eigenvalue weighted by atomic mass is 16.5. The summed E-state index contributed by atoms with van der Waals surface area (Å²) in [5, 5.41) is 10.6. The maximum Gasteiger partial charge on any atom is 0.394 e. The van der Waals surface area contributed by atoms with Gasteiger partial charge in [0.2, 0.25) is 0 Å². The van der Waals surface area contributed by atoms with Crippen LogP contribution in [0.1, 0.15) is 26.3 Å². The Morgan fingerprint density at radius 1 is 1.32 bits per heavy atom. The summed E-state index contributed by atoms with van der Waals surface area (Å²) in [4.78, 5) is 21.0. The zero-order valence-electron chi connectivity index (χ0n) is 11.4. The first-order chi connectivity index (χ1) is 8.80. The Morgan fingerprint density at radius 2 is 2.00 bits per heavy atom. The Kier molecular flexibility index (Phi) is 4.92. The van der Waals surface area contributed by atoms with Gasteiger partial charge in [-0.15, -0.1) is 0 Å². The molecular formula is C14H19NO4. The topological polar surface area (TPSA) is 75.6 Å². The number of carboxylic acids is 1. The molecule has 0 fully saturated rings. The summed E-state index contributed by atoms with van der Waals surface area (Å²) in [6.07, 6.45) is 0. The summed E-state index contributed by atoms with van der Waals surface area (Å²) < 4.78 is 5.46. The quantitative estimate of drug-likeness (QED) is 0.640. The molecule has 1 aromatic carbocycles. The average Bonchev–Trinajstić information content (AvgIpc) is 2.33. The van der Waals surface area contributed by atoms with Crippen molar-refractivity contribution in [1.82, 2.24) is 5.32 Å². The van der Waals surface area contributed by atoms with Crippen LogP contribution in [0.15, 0.2) is 24.3 Å². The van der Waals surface area contributed by atoms with Crippen LogP contribution in [-0.4, -0.2) is 30.1 Å². The Bertz CT molecular complexity index is 463. The van der Waals surface area contributed by atoms with Crippen LogP contribution in [0.3, 0.4) is 0 Å². The van der Waals surface area contributed by atoms with Crippen LogP contribution in [0.2, 0.25) is 0 Å². The van der Waals surface area contributed by atoms with Gasteiger partial charge >= 0.3 is 11.9 Å². The normalized spacial score (nSPS) is 10.9. The van der Waals surface area contributed by atoms with Gasteiger partial charge in [-0.3, -0.25) is 4.79 Å². The minimum atomic E-state index is -1.49. The Labute approximate surface area is 112 Å². The highest BCUT2D eigenvalue weighted by Crippen LogP contribution is 2.25. The van der Waals surface area contributed by atoms with Gasteiger partial charge in [0, 0.05) is 0 Å². The van der Waals surface area contributed by atoms with Crippen molar-refractivity contribution in [3.05, 3.63) is 29.8 Å². The lowest BCUT2D eigenvalue weighted by Crippen LogP contribution is -2.33. The number of hydrogen-bond donors (Lipinski definition) is 2. The van der Waals surface area contributed by atoms with E-state index in [-0.39, 0.29) is 18.6 Å². The number of benzene rings is 1. The van der Waals surface area contributed by atoms with E-state index < -0.39 is 11.9 Å². The van der Waals surface area contributed by atoms with Crippen LogP contribution in [-0.2, 0) is 15.0 Å². The van der Waals surface area contributed by atoms with Crippen LogP contribution in [0.5, 0.6) is 5.75 Å². The first kappa shape index (κ1) is 15.0. The molecule has 2 N–H and O–H groups in total. The molecule has 0 heterocycles. The lowest BCUT2D eigenvalue weighted by molar-refractivity contribution is -0.150. The zero-order chi connectivity index (χ0) is 14.5. The van der Waals surface area contributed by atoms with E-state index in [1.54, 1.807) is 0 Å².